The number of aliphatic carboxylic acids is 1. The Morgan fingerprint density at radius 1 is 0.943 bits per heavy atom. The van der Waals surface area contributed by atoms with Crippen LogP contribution in [-0.4, -0.2) is 69.7 Å². The van der Waals surface area contributed by atoms with Gasteiger partial charge in [-0.1, -0.05) is 32.4 Å². The summed E-state index contributed by atoms with van der Waals surface area (Å²) in [6.07, 6.45) is -0.00667. The average molecular weight is 512 g/mol. The number of phenols is 1. The van der Waals surface area contributed by atoms with E-state index in [1.165, 1.54) is 12.1 Å². The van der Waals surface area contributed by atoms with Crippen LogP contribution in [0.25, 0.3) is 0 Å². The van der Waals surface area contributed by atoms with Gasteiger partial charge in [0.05, 0.1) is 12.5 Å². The summed E-state index contributed by atoms with van der Waals surface area (Å²) in [5.41, 5.74) is 11.8. The predicted molar refractivity (Wildman–Crippen MR) is 130 cm³/mol. The molecule has 0 saturated carbocycles. The smallest absolute Gasteiger partial charge is 0.327 e. The Hall–Kier alpha value is -3.32. The minimum atomic E-state index is -1.50. The summed E-state index contributed by atoms with van der Waals surface area (Å²) in [6, 6.07) is 0.955. The zero-order chi connectivity index (χ0) is 26.7. The molecule has 12 nitrogen and oxygen atoms in total. The Morgan fingerprint density at radius 2 is 1.46 bits per heavy atom. The second-order valence-corrected chi connectivity index (χ2v) is 8.52. The van der Waals surface area contributed by atoms with E-state index in [9.17, 15) is 29.1 Å². The number of phenolic OH excluding ortho intramolecular Hbond substituents is 1. The topological polar surface area (TPSA) is 214 Å². The van der Waals surface area contributed by atoms with Gasteiger partial charge in [0.2, 0.25) is 23.6 Å². The maximum Gasteiger partial charge on any atom is 0.327 e. The zero-order valence-electron chi connectivity index (χ0n) is 19.6. The van der Waals surface area contributed by atoms with E-state index < -0.39 is 60.2 Å². The van der Waals surface area contributed by atoms with E-state index in [2.05, 4.69) is 28.6 Å². The summed E-state index contributed by atoms with van der Waals surface area (Å²) in [6.45, 7) is 3.65. The number of amides is 4. The van der Waals surface area contributed by atoms with Crippen molar-refractivity contribution in [2.45, 2.75) is 57.3 Å². The van der Waals surface area contributed by atoms with Crippen LogP contribution in [0, 0.1) is 5.92 Å². The van der Waals surface area contributed by atoms with Crippen LogP contribution >= 0.6 is 12.6 Å². The second-order valence-electron chi connectivity index (χ2n) is 8.16. The van der Waals surface area contributed by atoms with Gasteiger partial charge in [0.25, 0.3) is 0 Å². The third kappa shape index (κ3) is 9.83. The SMILES string of the molecule is CCC(C)C(N)C(=O)NC(Cc1ccc(O)cc1)C(=O)NC(CC(N)=O)C(=O)NC(CS)C(=O)O. The highest BCUT2D eigenvalue weighted by atomic mass is 32.1. The third-order valence-electron chi connectivity index (χ3n) is 5.40. The molecule has 5 unspecified atom stereocenters. The van der Waals surface area contributed by atoms with E-state index in [1.807, 2.05) is 6.92 Å². The van der Waals surface area contributed by atoms with Crippen molar-refractivity contribution in [1.29, 1.82) is 0 Å². The van der Waals surface area contributed by atoms with Gasteiger partial charge in [0, 0.05) is 12.2 Å². The molecule has 1 rings (SSSR count). The summed E-state index contributed by atoms with van der Waals surface area (Å²) in [5.74, 6) is -5.02. The maximum absolute atomic E-state index is 13.1. The molecule has 0 spiro atoms. The van der Waals surface area contributed by atoms with Crippen molar-refractivity contribution < 1.29 is 34.2 Å². The normalized spacial score (nSPS) is 15.1. The van der Waals surface area contributed by atoms with Gasteiger partial charge in [-0.25, -0.2) is 4.79 Å². The second kappa shape index (κ2) is 14.2. The Morgan fingerprint density at radius 3 is 1.94 bits per heavy atom. The molecule has 0 aliphatic carbocycles. The first-order valence-electron chi connectivity index (χ1n) is 11.0. The summed E-state index contributed by atoms with van der Waals surface area (Å²) in [4.78, 5) is 61.1. The van der Waals surface area contributed by atoms with E-state index in [4.69, 9.17) is 16.6 Å². The van der Waals surface area contributed by atoms with Crippen LogP contribution in [0.2, 0.25) is 0 Å². The Kier molecular flexibility index (Phi) is 12.0. The molecule has 194 valence electrons. The van der Waals surface area contributed by atoms with Gasteiger partial charge in [-0.15, -0.1) is 0 Å². The van der Waals surface area contributed by atoms with Gasteiger partial charge in [0.15, 0.2) is 0 Å². The van der Waals surface area contributed by atoms with Gasteiger partial charge in [-0.3, -0.25) is 19.2 Å². The van der Waals surface area contributed by atoms with E-state index >= 15 is 0 Å². The Bertz CT molecular complexity index is 912. The zero-order valence-corrected chi connectivity index (χ0v) is 20.5. The van der Waals surface area contributed by atoms with Crippen molar-refractivity contribution in [3.8, 4) is 5.75 Å². The van der Waals surface area contributed by atoms with Crippen LogP contribution in [0.5, 0.6) is 5.75 Å². The molecule has 0 aromatic heterocycles. The number of carbonyl (C=O) groups is 5. The van der Waals surface area contributed by atoms with E-state index in [0.717, 1.165) is 0 Å². The number of rotatable bonds is 14. The molecule has 1 aromatic carbocycles. The van der Waals surface area contributed by atoms with E-state index in [1.54, 1.807) is 19.1 Å². The predicted octanol–water partition coefficient (Wildman–Crippen LogP) is -1.35. The lowest BCUT2D eigenvalue weighted by molar-refractivity contribution is -0.141. The molecular formula is C22H33N5O7S. The van der Waals surface area contributed by atoms with Crippen LogP contribution in [0.3, 0.4) is 0 Å². The quantitative estimate of drug-likeness (QED) is 0.139. The van der Waals surface area contributed by atoms with Crippen molar-refractivity contribution in [3.05, 3.63) is 29.8 Å². The molecule has 0 fully saturated rings. The summed E-state index contributed by atoms with van der Waals surface area (Å²) < 4.78 is 0. The first-order valence-corrected chi connectivity index (χ1v) is 11.6. The molecule has 0 aliphatic rings. The molecule has 4 amide bonds. The van der Waals surface area contributed by atoms with Crippen LogP contribution in [0.1, 0.15) is 32.3 Å². The van der Waals surface area contributed by atoms with Crippen molar-refractivity contribution in [1.82, 2.24) is 16.0 Å². The molecular weight excluding hydrogens is 478 g/mol. The van der Waals surface area contributed by atoms with Gasteiger partial charge in [0.1, 0.15) is 23.9 Å². The van der Waals surface area contributed by atoms with Crippen LogP contribution in [0.15, 0.2) is 24.3 Å². The van der Waals surface area contributed by atoms with Gasteiger partial charge in [-0.05, 0) is 23.6 Å². The number of carboxylic acid groups (broad SMARTS) is 1. The van der Waals surface area contributed by atoms with Crippen molar-refractivity contribution >= 4 is 42.2 Å². The minimum Gasteiger partial charge on any atom is -0.508 e. The first-order chi connectivity index (χ1) is 16.4. The number of aromatic hydroxyl groups is 1. The number of nitrogens with two attached hydrogens (primary N) is 2. The fraction of sp³-hybridized carbons (Fsp3) is 0.500. The van der Waals surface area contributed by atoms with Crippen molar-refractivity contribution in [3.63, 3.8) is 0 Å². The molecule has 1 aromatic rings. The average Bonchev–Trinajstić information content (AvgIpc) is 2.80. The van der Waals surface area contributed by atoms with E-state index in [-0.39, 0.29) is 23.8 Å². The first kappa shape index (κ1) is 29.7. The molecule has 5 atom stereocenters. The lowest BCUT2D eigenvalue weighted by Gasteiger charge is -2.25. The number of hydrogen-bond donors (Lipinski definition) is 8. The molecule has 0 heterocycles. The summed E-state index contributed by atoms with van der Waals surface area (Å²) >= 11 is 3.86. The molecule has 0 bridgehead atoms. The van der Waals surface area contributed by atoms with Crippen LogP contribution in [-0.2, 0) is 30.4 Å². The summed E-state index contributed by atoms with van der Waals surface area (Å²) in [5, 5.41) is 25.7. The number of nitrogens with one attached hydrogen (secondary N) is 3. The number of thiol groups is 1. The standard InChI is InChI=1S/C22H33N5O7S/c1-3-11(2)18(24)21(32)26-14(8-12-4-6-13(28)7-5-12)19(30)25-15(9-17(23)29)20(31)27-16(10-35)22(33)34/h4-7,11,14-16,18,28,35H,3,8-10,24H2,1-2H3,(H2,23,29)(H,25,30)(H,26,32)(H,27,31)(H,33,34). The molecule has 35 heavy (non-hydrogen) atoms. The fourth-order valence-electron chi connectivity index (χ4n) is 3.00. The van der Waals surface area contributed by atoms with Gasteiger partial charge in [-0.2, -0.15) is 12.6 Å². The molecule has 0 saturated heterocycles. The van der Waals surface area contributed by atoms with Gasteiger partial charge >= 0.3 is 5.97 Å². The molecule has 9 N–H and O–H groups in total. The minimum absolute atomic E-state index is 0.00736. The van der Waals surface area contributed by atoms with Gasteiger partial charge < -0.3 is 37.6 Å². The van der Waals surface area contributed by atoms with E-state index in [0.29, 0.717) is 12.0 Å². The number of hydrogen-bond acceptors (Lipinski definition) is 8. The van der Waals surface area contributed by atoms with Crippen molar-refractivity contribution in [2.75, 3.05) is 5.75 Å². The Balaban J connectivity index is 3.14. The fourth-order valence-corrected chi connectivity index (χ4v) is 3.25. The highest BCUT2D eigenvalue weighted by Crippen LogP contribution is 2.13. The number of carboxylic acids is 1. The lowest BCUT2D eigenvalue weighted by atomic mass is 9.98. The highest BCUT2D eigenvalue weighted by molar-refractivity contribution is 7.80. The monoisotopic (exact) mass is 511 g/mol. The Labute approximate surface area is 208 Å². The maximum atomic E-state index is 13.1. The number of carbonyl (C=O) groups excluding carboxylic acids is 4. The largest absolute Gasteiger partial charge is 0.508 e. The van der Waals surface area contributed by atoms with Crippen LogP contribution in [0.4, 0.5) is 0 Å². The number of primary amides is 1. The van der Waals surface area contributed by atoms with Crippen molar-refractivity contribution in [2.24, 2.45) is 17.4 Å². The third-order valence-corrected chi connectivity index (χ3v) is 5.77. The van der Waals surface area contributed by atoms with Crippen LogP contribution < -0.4 is 27.4 Å². The lowest BCUT2D eigenvalue weighted by Crippen LogP contribution is -2.58. The molecule has 13 heteroatoms. The molecule has 0 aliphatic heterocycles. The highest BCUT2D eigenvalue weighted by Gasteiger charge is 2.31. The summed E-state index contributed by atoms with van der Waals surface area (Å²) in [7, 11) is 0. The molecule has 0 radical (unpaired) electrons. The number of benzene rings is 1.